The van der Waals surface area contributed by atoms with Gasteiger partial charge in [0.1, 0.15) is 5.78 Å². The molecule has 1 aliphatic rings. The van der Waals surface area contributed by atoms with Gasteiger partial charge in [0.25, 0.3) is 0 Å². The maximum absolute atomic E-state index is 11.1. The molecule has 1 amide bonds. The Morgan fingerprint density at radius 3 is 2.50 bits per heavy atom. The Morgan fingerprint density at radius 1 is 1.43 bits per heavy atom. The fraction of sp³-hybridized carbons (Fsp3) is 0.800. The molecule has 0 saturated heterocycles. The van der Waals surface area contributed by atoms with Gasteiger partial charge in [-0.25, -0.2) is 4.79 Å². The molecule has 0 heterocycles. The minimum Gasteiger partial charge on any atom is -0.449 e. The number of Topliss-reactive ketones (excluding diaryl/α,β-unsaturated/α-hetero) is 1. The highest BCUT2D eigenvalue weighted by Gasteiger charge is 2.20. The minimum absolute atomic E-state index is 0.304. The fourth-order valence-corrected chi connectivity index (χ4v) is 1.48. The van der Waals surface area contributed by atoms with Gasteiger partial charge in [0.05, 0.1) is 6.61 Å². The first-order valence-corrected chi connectivity index (χ1v) is 4.95. The molecule has 0 radical (unpaired) electrons. The van der Waals surface area contributed by atoms with Crippen molar-refractivity contribution in [2.45, 2.75) is 25.7 Å². The molecule has 0 unspecified atom stereocenters. The topological polar surface area (TPSA) is 46.6 Å². The Labute approximate surface area is 84.2 Å². The van der Waals surface area contributed by atoms with Gasteiger partial charge in [-0.3, -0.25) is 4.79 Å². The van der Waals surface area contributed by atoms with Gasteiger partial charge in [-0.05, 0) is 18.8 Å². The molecule has 1 saturated carbocycles. The molecule has 1 rings (SSSR count). The van der Waals surface area contributed by atoms with Gasteiger partial charge in [0.15, 0.2) is 0 Å². The van der Waals surface area contributed by atoms with Crippen LogP contribution in [-0.4, -0.2) is 37.5 Å². The number of amides is 1. The summed E-state index contributed by atoms with van der Waals surface area (Å²) >= 11 is 0. The molecule has 0 aliphatic heterocycles. The summed E-state index contributed by atoms with van der Waals surface area (Å²) in [7, 11) is 3.32. The van der Waals surface area contributed by atoms with Crippen LogP contribution in [0.4, 0.5) is 4.79 Å². The fourth-order valence-electron chi connectivity index (χ4n) is 1.48. The summed E-state index contributed by atoms with van der Waals surface area (Å²) in [6.07, 6.45) is 2.70. The molecule has 0 atom stereocenters. The Morgan fingerprint density at radius 2 is 2.00 bits per heavy atom. The zero-order valence-electron chi connectivity index (χ0n) is 8.78. The summed E-state index contributed by atoms with van der Waals surface area (Å²) in [4.78, 5) is 23.4. The van der Waals surface area contributed by atoms with Crippen LogP contribution in [0.5, 0.6) is 0 Å². The molecule has 0 N–H and O–H groups in total. The second-order valence-electron chi connectivity index (χ2n) is 3.95. The van der Waals surface area contributed by atoms with Crippen molar-refractivity contribution in [3.05, 3.63) is 0 Å². The Balaban J connectivity index is 2.19. The molecule has 4 heteroatoms. The first kappa shape index (κ1) is 11.0. The maximum Gasteiger partial charge on any atom is 0.409 e. The summed E-state index contributed by atoms with van der Waals surface area (Å²) in [5, 5.41) is 0. The monoisotopic (exact) mass is 199 g/mol. The second kappa shape index (κ2) is 4.98. The number of ketones is 1. The van der Waals surface area contributed by atoms with Gasteiger partial charge in [-0.1, -0.05) is 0 Å². The van der Waals surface area contributed by atoms with Crippen molar-refractivity contribution >= 4 is 11.9 Å². The molecular formula is C10H17NO3. The molecule has 0 aromatic heterocycles. The number of ether oxygens (including phenoxy) is 1. The highest BCUT2D eigenvalue weighted by molar-refractivity contribution is 5.79. The van der Waals surface area contributed by atoms with Gasteiger partial charge >= 0.3 is 6.09 Å². The van der Waals surface area contributed by atoms with Gasteiger partial charge in [0, 0.05) is 26.9 Å². The van der Waals surface area contributed by atoms with Gasteiger partial charge in [-0.2, -0.15) is 0 Å². The van der Waals surface area contributed by atoms with E-state index in [2.05, 4.69) is 0 Å². The third-order valence-electron chi connectivity index (χ3n) is 2.47. The van der Waals surface area contributed by atoms with E-state index in [9.17, 15) is 9.59 Å². The van der Waals surface area contributed by atoms with E-state index >= 15 is 0 Å². The molecule has 80 valence electrons. The van der Waals surface area contributed by atoms with E-state index in [1.165, 1.54) is 4.90 Å². The molecule has 0 aromatic carbocycles. The molecular weight excluding hydrogens is 182 g/mol. The zero-order valence-corrected chi connectivity index (χ0v) is 8.78. The van der Waals surface area contributed by atoms with Crippen LogP contribution in [0.3, 0.4) is 0 Å². The lowest BCUT2D eigenvalue weighted by Crippen LogP contribution is -2.26. The van der Waals surface area contributed by atoms with E-state index in [0.717, 1.165) is 12.8 Å². The SMILES string of the molecule is CN(C)C(=O)OCC1CCC(=O)CC1. The van der Waals surface area contributed by atoms with Crippen molar-refractivity contribution in [1.82, 2.24) is 4.90 Å². The lowest BCUT2D eigenvalue weighted by Gasteiger charge is -2.21. The third-order valence-corrected chi connectivity index (χ3v) is 2.47. The van der Waals surface area contributed by atoms with Crippen LogP contribution in [0.2, 0.25) is 0 Å². The largest absolute Gasteiger partial charge is 0.449 e. The van der Waals surface area contributed by atoms with Crippen molar-refractivity contribution < 1.29 is 14.3 Å². The van der Waals surface area contributed by atoms with E-state index in [1.807, 2.05) is 0 Å². The maximum atomic E-state index is 11.1. The standard InChI is InChI=1S/C10H17NO3/c1-11(2)10(13)14-7-8-3-5-9(12)6-4-8/h8H,3-7H2,1-2H3. The van der Waals surface area contributed by atoms with Gasteiger partial charge < -0.3 is 9.64 Å². The summed E-state index contributed by atoms with van der Waals surface area (Å²) in [6, 6.07) is 0. The number of carbonyl (C=O) groups excluding carboxylic acids is 2. The summed E-state index contributed by atoms with van der Waals surface area (Å²) in [5.74, 6) is 0.705. The van der Waals surface area contributed by atoms with Gasteiger partial charge in [0.2, 0.25) is 0 Å². The number of rotatable bonds is 2. The predicted molar refractivity (Wildman–Crippen MR) is 52.0 cm³/mol. The number of carbonyl (C=O) groups is 2. The highest BCUT2D eigenvalue weighted by atomic mass is 16.6. The summed E-state index contributed by atoms with van der Waals surface area (Å²) < 4.78 is 5.05. The molecule has 4 nitrogen and oxygen atoms in total. The molecule has 14 heavy (non-hydrogen) atoms. The number of hydrogen-bond acceptors (Lipinski definition) is 3. The van der Waals surface area contributed by atoms with Crippen LogP contribution >= 0.6 is 0 Å². The second-order valence-corrected chi connectivity index (χ2v) is 3.95. The summed E-state index contributed by atoms with van der Waals surface area (Å²) in [5.41, 5.74) is 0. The quantitative estimate of drug-likeness (QED) is 0.676. The Bertz CT molecular complexity index is 215. The van der Waals surface area contributed by atoms with Crippen LogP contribution in [-0.2, 0) is 9.53 Å². The van der Waals surface area contributed by atoms with Crippen LogP contribution < -0.4 is 0 Å². The van der Waals surface area contributed by atoms with E-state index < -0.39 is 0 Å². The molecule has 0 bridgehead atoms. The minimum atomic E-state index is -0.304. The third kappa shape index (κ3) is 3.36. The van der Waals surface area contributed by atoms with Crippen LogP contribution in [0.25, 0.3) is 0 Å². The van der Waals surface area contributed by atoms with Crippen LogP contribution in [0.15, 0.2) is 0 Å². The molecule has 1 fully saturated rings. The van der Waals surface area contributed by atoms with E-state index in [0.29, 0.717) is 31.1 Å². The Hall–Kier alpha value is -1.06. The van der Waals surface area contributed by atoms with Crippen LogP contribution in [0.1, 0.15) is 25.7 Å². The van der Waals surface area contributed by atoms with Crippen LogP contribution in [0, 0.1) is 5.92 Å². The van der Waals surface area contributed by atoms with E-state index in [4.69, 9.17) is 4.74 Å². The van der Waals surface area contributed by atoms with Crippen molar-refractivity contribution in [2.75, 3.05) is 20.7 Å². The Kier molecular flexibility index (Phi) is 3.92. The zero-order chi connectivity index (χ0) is 10.6. The van der Waals surface area contributed by atoms with Crippen molar-refractivity contribution in [1.29, 1.82) is 0 Å². The predicted octanol–water partition coefficient (Wildman–Crippen LogP) is 1.44. The summed E-state index contributed by atoms with van der Waals surface area (Å²) in [6.45, 7) is 0.449. The average molecular weight is 199 g/mol. The normalized spacial score (nSPS) is 18.0. The van der Waals surface area contributed by atoms with Crippen molar-refractivity contribution in [3.63, 3.8) is 0 Å². The lowest BCUT2D eigenvalue weighted by atomic mass is 9.89. The molecule has 0 aromatic rings. The van der Waals surface area contributed by atoms with E-state index in [-0.39, 0.29) is 6.09 Å². The average Bonchev–Trinajstić information content (AvgIpc) is 2.16. The first-order valence-electron chi connectivity index (χ1n) is 4.95. The van der Waals surface area contributed by atoms with Crippen molar-refractivity contribution in [3.8, 4) is 0 Å². The highest BCUT2D eigenvalue weighted by Crippen LogP contribution is 2.21. The van der Waals surface area contributed by atoms with E-state index in [1.54, 1.807) is 14.1 Å². The first-order chi connectivity index (χ1) is 6.59. The molecule has 1 aliphatic carbocycles. The number of nitrogens with zero attached hydrogens (tertiary/aromatic N) is 1. The number of hydrogen-bond donors (Lipinski definition) is 0. The lowest BCUT2D eigenvalue weighted by molar-refractivity contribution is -0.121. The van der Waals surface area contributed by atoms with Crippen molar-refractivity contribution in [2.24, 2.45) is 5.92 Å². The smallest absolute Gasteiger partial charge is 0.409 e. The molecule has 0 spiro atoms. The van der Waals surface area contributed by atoms with Gasteiger partial charge in [-0.15, -0.1) is 0 Å².